The van der Waals surface area contributed by atoms with Crippen LogP contribution in [0.25, 0.3) is 0 Å². The molecule has 1 N–H and O–H groups in total. The molecule has 0 aliphatic rings. The van der Waals surface area contributed by atoms with Crippen molar-refractivity contribution in [1.29, 1.82) is 0 Å². The van der Waals surface area contributed by atoms with Crippen molar-refractivity contribution in [1.82, 2.24) is 4.98 Å². The predicted molar refractivity (Wildman–Crippen MR) is 65.4 cm³/mol. The van der Waals surface area contributed by atoms with Gasteiger partial charge in [0.1, 0.15) is 4.34 Å². The van der Waals surface area contributed by atoms with Crippen molar-refractivity contribution in [2.45, 2.75) is 23.6 Å². The van der Waals surface area contributed by atoms with E-state index in [2.05, 4.69) is 9.72 Å². The molecular formula is C10H13NO4S2. The van der Waals surface area contributed by atoms with Crippen molar-refractivity contribution in [3.05, 3.63) is 11.1 Å². The molecule has 0 aliphatic carbocycles. The van der Waals surface area contributed by atoms with E-state index in [4.69, 9.17) is 5.11 Å². The van der Waals surface area contributed by atoms with Crippen molar-refractivity contribution >= 4 is 35.0 Å². The van der Waals surface area contributed by atoms with Gasteiger partial charge in [0.15, 0.2) is 0 Å². The Hall–Kier alpha value is -1.08. The van der Waals surface area contributed by atoms with Gasteiger partial charge in [-0.3, -0.25) is 9.59 Å². The zero-order valence-electron chi connectivity index (χ0n) is 9.34. The predicted octanol–water partition coefficient (Wildman–Crippen LogP) is 1.82. The molecular weight excluding hydrogens is 262 g/mol. The Morgan fingerprint density at radius 2 is 2.35 bits per heavy atom. The summed E-state index contributed by atoms with van der Waals surface area (Å²) in [5, 5.41) is 10.3. The maximum absolute atomic E-state index is 10.8. The maximum Gasteiger partial charge on any atom is 0.309 e. The summed E-state index contributed by atoms with van der Waals surface area (Å²) in [6, 6.07) is 0. The Kier molecular flexibility index (Phi) is 5.99. The molecule has 0 amide bonds. The van der Waals surface area contributed by atoms with Crippen molar-refractivity contribution < 1.29 is 19.4 Å². The van der Waals surface area contributed by atoms with Gasteiger partial charge in [0.05, 0.1) is 19.2 Å². The normalized spacial score (nSPS) is 10.2. The number of ether oxygens (including phenoxy) is 1. The van der Waals surface area contributed by atoms with Gasteiger partial charge in [-0.25, -0.2) is 4.98 Å². The maximum atomic E-state index is 10.8. The number of nitrogens with zero attached hydrogens (tertiary/aromatic N) is 1. The number of thioether (sulfide) groups is 1. The molecule has 0 atom stereocenters. The van der Waals surface area contributed by atoms with Crippen LogP contribution in [0.3, 0.4) is 0 Å². The number of carbonyl (C=O) groups excluding carboxylic acids is 1. The Morgan fingerprint density at radius 1 is 1.59 bits per heavy atom. The minimum Gasteiger partial charge on any atom is -0.481 e. The van der Waals surface area contributed by atoms with Crippen LogP contribution in [-0.4, -0.2) is 34.9 Å². The lowest BCUT2D eigenvalue weighted by molar-refractivity contribution is -0.140. The van der Waals surface area contributed by atoms with Crippen molar-refractivity contribution in [2.75, 3.05) is 12.9 Å². The third-order valence-electron chi connectivity index (χ3n) is 1.84. The number of hydrogen-bond acceptors (Lipinski definition) is 6. The van der Waals surface area contributed by atoms with Crippen LogP contribution in [0.15, 0.2) is 9.72 Å². The first kappa shape index (κ1) is 14.0. The summed E-state index contributed by atoms with van der Waals surface area (Å²) in [5.74, 6) is -0.316. The van der Waals surface area contributed by atoms with E-state index in [-0.39, 0.29) is 12.4 Å². The molecule has 0 saturated heterocycles. The zero-order valence-corrected chi connectivity index (χ0v) is 11.0. The summed E-state index contributed by atoms with van der Waals surface area (Å²) in [6.45, 7) is 0. The van der Waals surface area contributed by atoms with Crippen LogP contribution in [0.4, 0.5) is 0 Å². The van der Waals surface area contributed by atoms with Crippen LogP contribution in [0.2, 0.25) is 0 Å². The molecule has 1 rings (SSSR count). The van der Waals surface area contributed by atoms with Crippen molar-refractivity contribution in [2.24, 2.45) is 0 Å². The van der Waals surface area contributed by atoms with E-state index >= 15 is 0 Å². The summed E-state index contributed by atoms with van der Waals surface area (Å²) in [4.78, 5) is 25.5. The number of carboxylic acids is 1. The number of rotatable bonds is 7. The van der Waals surface area contributed by atoms with Crippen LogP contribution in [-0.2, 0) is 20.7 Å². The SMILES string of the molecule is COC(=O)CCCSc1nc(CC(=O)O)cs1. The van der Waals surface area contributed by atoms with E-state index in [0.717, 1.165) is 16.5 Å². The molecule has 17 heavy (non-hydrogen) atoms. The number of thiazole rings is 1. The highest BCUT2D eigenvalue weighted by Crippen LogP contribution is 2.23. The standard InChI is InChI=1S/C10H13NO4S2/c1-15-9(14)3-2-4-16-10-11-7(6-17-10)5-8(12)13/h6H,2-5H2,1H3,(H,12,13). The molecule has 0 fully saturated rings. The molecule has 0 unspecified atom stereocenters. The fourth-order valence-electron chi connectivity index (χ4n) is 1.07. The summed E-state index contributed by atoms with van der Waals surface area (Å²) in [5.41, 5.74) is 0.581. The average molecular weight is 275 g/mol. The first-order chi connectivity index (χ1) is 8.11. The molecule has 7 heteroatoms. The highest BCUT2D eigenvalue weighted by Gasteiger charge is 2.07. The molecule has 94 valence electrons. The smallest absolute Gasteiger partial charge is 0.309 e. The van der Waals surface area contributed by atoms with Gasteiger partial charge in [-0.05, 0) is 6.42 Å². The van der Waals surface area contributed by atoms with Gasteiger partial charge >= 0.3 is 11.9 Å². The minimum absolute atomic E-state index is 0.0424. The topological polar surface area (TPSA) is 76.5 Å². The van der Waals surface area contributed by atoms with Crippen LogP contribution in [0, 0.1) is 0 Å². The third kappa shape index (κ3) is 5.69. The first-order valence-corrected chi connectivity index (χ1v) is 6.84. The van der Waals surface area contributed by atoms with Crippen LogP contribution in [0.5, 0.6) is 0 Å². The summed E-state index contributed by atoms with van der Waals surface area (Å²) >= 11 is 2.96. The molecule has 1 heterocycles. The summed E-state index contributed by atoms with van der Waals surface area (Å²) in [7, 11) is 1.37. The lowest BCUT2D eigenvalue weighted by Crippen LogP contribution is -2.00. The summed E-state index contributed by atoms with van der Waals surface area (Å²) in [6.07, 6.45) is 1.08. The van der Waals surface area contributed by atoms with Crippen LogP contribution >= 0.6 is 23.1 Å². The Labute approximate surface area is 107 Å². The second-order valence-electron chi connectivity index (χ2n) is 3.20. The van der Waals surface area contributed by atoms with Crippen molar-refractivity contribution in [3.8, 4) is 0 Å². The Bertz CT molecular complexity index is 391. The molecule has 0 spiro atoms. The van der Waals surface area contributed by atoms with Gasteiger partial charge in [0.2, 0.25) is 0 Å². The fraction of sp³-hybridized carbons (Fsp3) is 0.500. The highest BCUT2D eigenvalue weighted by atomic mass is 32.2. The van der Waals surface area contributed by atoms with Crippen molar-refractivity contribution in [3.63, 3.8) is 0 Å². The second-order valence-corrected chi connectivity index (χ2v) is 5.40. The van der Waals surface area contributed by atoms with Gasteiger partial charge in [-0.1, -0.05) is 11.8 Å². The number of aromatic nitrogens is 1. The Balaban J connectivity index is 2.25. The number of esters is 1. The van der Waals surface area contributed by atoms with E-state index in [1.165, 1.54) is 30.2 Å². The fourth-order valence-corrected chi connectivity index (χ4v) is 2.92. The lowest BCUT2D eigenvalue weighted by atomic mass is 10.3. The summed E-state index contributed by atoms with van der Waals surface area (Å²) < 4.78 is 5.36. The number of carboxylic acid groups (broad SMARTS) is 1. The van der Waals surface area contributed by atoms with Gasteiger partial charge in [-0.15, -0.1) is 11.3 Å². The third-order valence-corrected chi connectivity index (χ3v) is 4.00. The first-order valence-electron chi connectivity index (χ1n) is 4.97. The largest absolute Gasteiger partial charge is 0.481 e. The minimum atomic E-state index is -0.877. The quantitative estimate of drug-likeness (QED) is 0.464. The number of aliphatic carboxylic acids is 1. The number of carbonyl (C=O) groups is 2. The molecule has 0 saturated carbocycles. The Morgan fingerprint density at radius 3 is 3.00 bits per heavy atom. The molecule has 1 aromatic rings. The van der Waals surface area contributed by atoms with E-state index in [0.29, 0.717) is 12.1 Å². The second kappa shape index (κ2) is 7.29. The molecule has 0 aliphatic heterocycles. The monoisotopic (exact) mass is 275 g/mol. The van der Waals surface area contributed by atoms with E-state index in [1.54, 1.807) is 5.38 Å². The molecule has 0 radical (unpaired) electrons. The van der Waals surface area contributed by atoms with E-state index in [1.807, 2.05) is 0 Å². The molecule has 1 aromatic heterocycles. The van der Waals surface area contributed by atoms with Gasteiger partial charge in [0, 0.05) is 17.6 Å². The van der Waals surface area contributed by atoms with E-state index in [9.17, 15) is 9.59 Å². The lowest BCUT2D eigenvalue weighted by Gasteiger charge is -1.97. The number of methoxy groups -OCH3 is 1. The molecule has 0 bridgehead atoms. The molecule has 0 aromatic carbocycles. The van der Waals surface area contributed by atoms with E-state index < -0.39 is 5.97 Å². The zero-order chi connectivity index (χ0) is 12.7. The number of hydrogen-bond donors (Lipinski definition) is 1. The molecule has 5 nitrogen and oxygen atoms in total. The van der Waals surface area contributed by atoms with Crippen LogP contribution in [0.1, 0.15) is 18.5 Å². The van der Waals surface area contributed by atoms with Gasteiger partial charge in [0.25, 0.3) is 0 Å². The van der Waals surface area contributed by atoms with Gasteiger partial charge in [-0.2, -0.15) is 0 Å². The highest BCUT2D eigenvalue weighted by molar-refractivity contribution is 8.01. The average Bonchev–Trinajstić information content (AvgIpc) is 2.70. The van der Waals surface area contributed by atoms with Crippen LogP contribution < -0.4 is 0 Å². The van der Waals surface area contributed by atoms with Gasteiger partial charge < -0.3 is 9.84 Å².